The molecule has 3 aromatic carbocycles. The number of hydrogen-bond donors (Lipinski definition) is 0. The summed E-state index contributed by atoms with van der Waals surface area (Å²) < 4.78 is 7.47. The number of non-ortho nitro benzene ring substituents is 1. The lowest BCUT2D eigenvalue weighted by Crippen LogP contribution is -2.48. The lowest BCUT2D eigenvalue weighted by atomic mass is 9.92. The van der Waals surface area contributed by atoms with E-state index in [4.69, 9.17) is 9.84 Å². The van der Waals surface area contributed by atoms with Crippen LogP contribution in [0.4, 0.5) is 5.69 Å². The molecule has 3 aromatic rings. The van der Waals surface area contributed by atoms with Gasteiger partial charge in [-0.1, -0.05) is 46.3 Å². The summed E-state index contributed by atoms with van der Waals surface area (Å²) in [6.45, 7) is 1.96. The van der Waals surface area contributed by atoms with E-state index in [2.05, 4.69) is 34.1 Å². The third-order valence-corrected chi connectivity index (χ3v) is 6.20. The summed E-state index contributed by atoms with van der Waals surface area (Å²) in [5.41, 5.74) is 3.11. The molecule has 2 atom stereocenters. The third kappa shape index (κ3) is 2.97. The van der Waals surface area contributed by atoms with Crippen molar-refractivity contribution in [1.29, 1.82) is 0 Å². The van der Waals surface area contributed by atoms with Gasteiger partial charge in [-0.15, -0.1) is 0 Å². The number of benzene rings is 3. The number of fused-ring (bicyclic) bond motifs is 3. The summed E-state index contributed by atoms with van der Waals surface area (Å²) in [5.74, 6) is 0.796. The molecule has 0 N–H and O–H groups in total. The molecule has 0 spiro atoms. The number of halogens is 1. The maximum absolute atomic E-state index is 11.1. The first-order valence-corrected chi connectivity index (χ1v) is 10.4. The van der Waals surface area contributed by atoms with Crippen molar-refractivity contribution in [3.8, 4) is 5.75 Å². The van der Waals surface area contributed by atoms with Gasteiger partial charge < -0.3 is 4.74 Å². The van der Waals surface area contributed by atoms with Gasteiger partial charge in [0.05, 0.1) is 16.7 Å². The van der Waals surface area contributed by atoms with Gasteiger partial charge in [0.25, 0.3) is 5.69 Å². The second-order valence-corrected chi connectivity index (χ2v) is 8.46. The fourth-order valence-electron chi connectivity index (χ4n) is 4.17. The number of nitrogens with zero attached hydrogens (tertiary/aromatic N) is 3. The van der Waals surface area contributed by atoms with Crippen molar-refractivity contribution in [2.24, 2.45) is 5.10 Å². The SMILES string of the molecule is C[C@]1(c2ccc([N+](=O)[O-])cc2)Oc2ccc(Br)cc2[C@@H]2CC(c3ccccc3)=NN21. The maximum atomic E-state index is 11.1. The fourth-order valence-corrected chi connectivity index (χ4v) is 4.55. The Labute approximate surface area is 182 Å². The highest BCUT2D eigenvalue weighted by Crippen LogP contribution is 2.50. The molecule has 0 aliphatic carbocycles. The van der Waals surface area contributed by atoms with Crippen LogP contribution in [0.25, 0.3) is 0 Å². The molecule has 0 fully saturated rings. The molecule has 2 aliphatic heterocycles. The van der Waals surface area contributed by atoms with Gasteiger partial charge in [-0.2, -0.15) is 5.10 Å². The molecule has 0 unspecified atom stereocenters. The van der Waals surface area contributed by atoms with Gasteiger partial charge in [0.2, 0.25) is 5.72 Å². The molecule has 0 saturated heterocycles. The normalized spacial score (nSPS) is 22.0. The van der Waals surface area contributed by atoms with Crippen LogP contribution in [0.5, 0.6) is 5.75 Å². The van der Waals surface area contributed by atoms with Crippen LogP contribution in [0.1, 0.15) is 36.1 Å². The number of hydrogen-bond acceptors (Lipinski definition) is 5. The van der Waals surface area contributed by atoms with E-state index in [1.165, 1.54) is 12.1 Å². The van der Waals surface area contributed by atoms with Crippen LogP contribution in [0.2, 0.25) is 0 Å². The van der Waals surface area contributed by atoms with Crippen molar-refractivity contribution >= 4 is 27.3 Å². The Morgan fingerprint density at radius 1 is 1.13 bits per heavy atom. The summed E-state index contributed by atoms with van der Waals surface area (Å²) in [6, 6.07) is 22.6. The first-order valence-electron chi connectivity index (χ1n) is 9.61. The molecule has 0 amide bonds. The Balaban J connectivity index is 1.64. The summed E-state index contributed by atoms with van der Waals surface area (Å²) in [6.07, 6.45) is 0.749. The van der Waals surface area contributed by atoms with E-state index in [9.17, 15) is 10.1 Å². The Kier molecular flexibility index (Phi) is 4.36. The topological polar surface area (TPSA) is 68.0 Å². The number of nitro benzene ring substituents is 1. The van der Waals surface area contributed by atoms with Crippen molar-refractivity contribution in [2.75, 3.05) is 0 Å². The van der Waals surface area contributed by atoms with E-state index in [-0.39, 0.29) is 11.7 Å². The largest absolute Gasteiger partial charge is 0.462 e. The number of hydrazone groups is 1. The zero-order chi connectivity index (χ0) is 20.9. The predicted molar refractivity (Wildman–Crippen MR) is 117 cm³/mol. The molecule has 0 saturated carbocycles. The molecule has 5 rings (SSSR count). The number of nitro groups is 1. The van der Waals surface area contributed by atoms with E-state index in [0.717, 1.165) is 39.0 Å². The minimum absolute atomic E-state index is 0.00153. The van der Waals surface area contributed by atoms with Crippen LogP contribution in [0.3, 0.4) is 0 Å². The van der Waals surface area contributed by atoms with Gasteiger partial charge in [-0.05, 0) is 35.9 Å². The molecule has 7 heteroatoms. The Morgan fingerprint density at radius 3 is 2.57 bits per heavy atom. The van der Waals surface area contributed by atoms with Crippen molar-refractivity contribution in [3.63, 3.8) is 0 Å². The lowest BCUT2D eigenvalue weighted by molar-refractivity contribution is -0.384. The Hall–Kier alpha value is -3.19. The van der Waals surface area contributed by atoms with E-state index < -0.39 is 10.6 Å². The highest BCUT2D eigenvalue weighted by molar-refractivity contribution is 9.10. The van der Waals surface area contributed by atoms with Crippen molar-refractivity contribution < 1.29 is 9.66 Å². The molecule has 2 heterocycles. The second kappa shape index (κ2) is 6.95. The van der Waals surface area contributed by atoms with Crippen molar-refractivity contribution in [2.45, 2.75) is 25.1 Å². The van der Waals surface area contributed by atoms with Crippen LogP contribution >= 0.6 is 15.9 Å². The Morgan fingerprint density at radius 2 is 1.87 bits per heavy atom. The Bertz CT molecular complexity index is 1160. The van der Waals surface area contributed by atoms with E-state index >= 15 is 0 Å². The quantitative estimate of drug-likeness (QED) is 0.365. The zero-order valence-electron chi connectivity index (χ0n) is 16.2. The van der Waals surface area contributed by atoms with Gasteiger partial charge in [-0.3, -0.25) is 10.1 Å². The maximum Gasteiger partial charge on any atom is 0.269 e. The van der Waals surface area contributed by atoms with Gasteiger partial charge in [0.1, 0.15) is 5.75 Å². The number of rotatable bonds is 3. The van der Waals surface area contributed by atoms with Gasteiger partial charge in [0.15, 0.2) is 0 Å². The molecule has 0 radical (unpaired) electrons. The summed E-state index contributed by atoms with van der Waals surface area (Å²) in [5, 5.41) is 18.0. The average molecular weight is 464 g/mol. The second-order valence-electron chi connectivity index (χ2n) is 7.55. The molecule has 0 aromatic heterocycles. The first kappa shape index (κ1) is 18.8. The number of ether oxygens (including phenoxy) is 1. The van der Waals surface area contributed by atoms with Crippen LogP contribution in [0, 0.1) is 10.1 Å². The van der Waals surface area contributed by atoms with Gasteiger partial charge in [-0.25, -0.2) is 5.01 Å². The zero-order valence-corrected chi connectivity index (χ0v) is 17.7. The monoisotopic (exact) mass is 463 g/mol. The summed E-state index contributed by atoms with van der Waals surface area (Å²) in [7, 11) is 0. The molecule has 150 valence electrons. The molecule has 30 heavy (non-hydrogen) atoms. The molecule has 6 nitrogen and oxygen atoms in total. The first-order chi connectivity index (χ1) is 14.5. The summed E-state index contributed by atoms with van der Waals surface area (Å²) >= 11 is 3.57. The van der Waals surface area contributed by atoms with Gasteiger partial charge >= 0.3 is 0 Å². The molecule has 0 bridgehead atoms. The van der Waals surface area contributed by atoms with Crippen LogP contribution in [-0.4, -0.2) is 15.6 Å². The van der Waals surface area contributed by atoms with Crippen LogP contribution in [-0.2, 0) is 5.72 Å². The van der Waals surface area contributed by atoms with Crippen LogP contribution < -0.4 is 4.74 Å². The average Bonchev–Trinajstić information content (AvgIpc) is 3.22. The smallest absolute Gasteiger partial charge is 0.269 e. The van der Waals surface area contributed by atoms with Gasteiger partial charge in [0, 0.05) is 41.1 Å². The molecule has 2 aliphatic rings. The van der Waals surface area contributed by atoms with Crippen molar-refractivity contribution in [1.82, 2.24) is 5.01 Å². The lowest BCUT2D eigenvalue weighted by Gasteiger charge is -2.46. The minimum Gasteiger partial charge on any atom is -0.462 e. The van der Waals surface area contributed by atoms with E-state index in [1.807, 2.05) is 42.3 Å². The van der Waals surface area contributed by atoms with E-state index in [0.29, 0.717) is 0 Å². The third-order valence-electron chi connectivity index (χ3n) is 5.71. The standard InChI is InChI=1S/C23H18BrN3O3/c1-23(16-7-10-18(11-8-16)27(28)29)26-21(19-13-17(24)9-12-22(19)30-23)14-20(25-26)15-5-3-2-4-6-15/h2-13,21H,14H2,1H3/t21-,23+/m0/s1. The highest BCUT2D eigenvalue weighted by atomic mass is 79.9. The molecular formula is C23H18BrN3O3. The predicted octanol–water partition coefficient (Wildman–Crippen LogP) is 5.77. The summed E-state index contributed by atoms with van der Waals surface area (Å²) in [4.78, 5) is 10.7. The molecular weight excluding hydrogens is 446 g/mol. The minimum atomic E-state index is -0.892. The van der Waals surface area contributed by atoms with Crippen LogP contribution in [0.15, 0.2) is 82.4 Å². The fraction of sp³-hybridized carbons (Fsp3) is 0.174. The van der Waals surface area contributed by atoms with E-state index in [1.54, 1.807) is 12.1 Å². The van der Waals surface area contributed by atoms with Crippen molar-refractivity contribution in [3.05, 3.63) is 104 Å². The highest BCUT2D eigenvalue weighted by Gasteiger charge is 2.48.